The lowest BCUT2D eigenvalue weighted by Gasteiger charge is -2.17. The van der Waals surface area contributed by atoms with Gasteiger partial charge in [-0.3, -0.25) is 4.79 Å². The fourth-order valence-corrected chi connectivity index (χ4v) is 3.21. The van der Waals surface area contributed by atoms with Crippen LogP contribution in [-0.4, -0.2) is 31.6 Å². The lowest BCUT2D eigenvalue weighted by molar-refractivity contribution is -0.142. The van der Waals surface area contributed by atoms with Crippen LogP contribution < -0.4 is 11.1 Å². The molecule has 2 aromatic rings. The quantitative estimate of drug-likeness (QED) is 0.693. The summed E-state index contributed by atoms with van der Waals surface area (Å²) in [6, 6.07) is 12.3. The van der Waals surface area contributed by atoms with Gasteiger partial charge in [0, 0.05) is 23.9 Å². The van der Waals surface area contributed by atoms with Crippen molar-refractivity contribution in [1.82, 2.24) is 5.32 Å². The van der Waals surface area contributed by atoms with Crippen molar-refractivity contribution >= 4 is 24.3 Å². The van der Waals surface area contributed by atoms with Crippen LogP contribution in [0.4, 0.5) is 4.39 Å². The average molecular weight is 407 g/mol. The van der Waals surface area contributed by atoms with Crippen molar-refractivity contribution in [3.8, 4) is 0 Å². The number of halogens is 2. The molecule has 28 heavy (non-hydrogen) atoms. The van der Waals surface area contributed by atoms with Gasteiger partial charge in [0.2, 0.25) is 0 Å². The van der Waals surface area contributed by atoms with Crippen molar-refractivity contribution < 1.29 is 18.7 Å². The lowest BCUT2D eigenvalue weighted by atomic mass is 9.95. The van der Waals surface area contributed by atoms with Gasteiger partial charge in [-0.2, -0.15) is 0 Å². The maximum Gasteiger partial charge on any atom is 0.328 e. The summed E-state index contributed by atoms with van der Waals surface area (Å²) in [5, 5.41) is 2.68. The molecule has 0 aromatic heterocycles. The first kappa shape index (κ1) is 21.9. The van der Waals surface area contributed by atoms with Crippen molar-refractivity contribution in [2.24, 2.45) is 5.73 Å². The number of hydrogen-bond acceptors (Lipinski definition) is 4. The number of carbonyl (C=O) groups is 2. The maximum absolute atomic E-state index is 13.4. The van der Waals surface area contributed by atoms with E-state index in [-0.39, 0.29) is 30.2 Å². The molecule has 0 saturated heterocycles. The van der Waals surface area contributed by atoms with E-state index >= 15 is 0 Å². The minimum Gasteiger partial charge on any atom is -0.467 e. The van der Waals surface area contributed by atoms with Crippen LogP contribution >= 0.6 is 12.4 Å². The van der Waals surface area contributed by atoms with Gasteiger partial charge in [0.25, 0.3) is 5.91 Å². The van der Waals surface area contributed by atoms with Crippen molar-refractivity contribution in [2.75, 3.05) is 13.7 Å². The van der Waals surface area contributed by atoms with Crippen LogP contribution in [0.5, 0.6) is 0 Å². The second kappa shape index (κ2) is 9.17. The van der Waals surface area contributed by atoms with Gasteiger partial charge in [0.05, 0.1) is 7.11 Å². The van der Waals surface area contributed by atoms with E-state index in [1.54, 1.807) is 24.3 Å². The first-order chi connectivity index (χ1) is 13.0. The standard InChI is InChI=1S/C21H23FN2O3.ClH/c1-27-20(26)18(12-14-3-2-4-17(22)11-14)24-19(25)15-5-7-16(8-6-15)21(13-23)9-10-21;/h2-8,11,18H,9-10,12-13,23H2,1H3,(H,24,25);1H. The Balaban J connectivity index is 0.00000280. The molecule has 0 spiro atoms. The third-order valence-corrected chi connectivity index (χ3v) is 5.12. The van der Waals surface area contributed by atoms with Crippen LogP contribution in [0.1, 0.15) is 34.3 Å². The van der Waals surface area contributed by atoms with Crippen LogP contribution in [0.25, 0.3) is 0 Å². The summed E-state index contributed by atoms with van der Waals surface area (Å²) in [6.07, 6.45) is 2.27. The third-order valence-electron chi connectivity index (χ3n) is 5.12. The van der Waals surface area contributed by atoms with E-state index in [9.17, 15) is 14.0 Å². The van der Waals surface area contributed by atoms with E-state index < -0.39 is 17.8 Å². The van der Waals surface area contributed by atoms with Gasteiger partial charge in [-0.1, -0.05) is 24.3 Å². The molecule has 1 aliphatic rings. The summed E-state index contributed by atoms with van der Waals surface area (Å²) in [4.78, 5) is 24.6. The Morgan fingerprint density at radius 1 is 1.21 bits per heavy atom. The molecule has 1 atom stereocenters. The number of methoxy groups -OCH3 is 1. The number of carbonyl (C=O) groups excluding carboxylic acids is 2. The first-order valence-electron chi connectivity index (χ1n) is 8.91. The third kappa shape index (κ3) is 4.88. The van der Waals surface area contributed by atoms with Gasteiger partial charge in [-0.05, 0) is 48.2 Å². The Morgan fingerprint density at radius 2 is 1.89 bits per heavy atom. The van der Waals surface area contributed by atoms with Gasteiger partial charge in [0.15, 0.2) is 0 Å². The van der Waals surface area contributed by atoms with Crippen molar-refractivity contribution in [1.29, 1.82) is 0 Å². The SMILES string of the molecule is COC(=O)C(Cc1cccc(F)c1)NC(=O)c1ccc(C2(CN)CC2)cc1.Cl. The first-order valence-corrected chi connectivity index (χ1v) is 8.91. The molecule has 2 aromatic carbocycles. The van der Waals surface area contributed by atoms with E-state index in [1.165, 1.54) is 19.2 Å². The molecule has 3 rings (SSSR count). The van der Waals surface area contributed by atoms with Crippen molar-refractivity contribution in [3.63, 3.8) is 0 Å². The fourth-order valence-electron chi connectivity index (χ4n) is 3.21. The number of esters is 1. The summed E-state index contributed by atoms with van der Waals surface area (Å²) in [6.45, 7) is 0.594. The predicted molar refractivity (Wildman–Crippen MR) is 107 cm³/mol. The summed E-state index contributed by atoms with van der Waals surface area (Å²) in [5.41, 5.74) is 8.07. The Morgan fingerprint density at radius 3 is 2.43 bits per heavy atom. The molecule has 1 aliphatic carbocycles. The van der Waals surface area contributed by atoms with Crippen molar-refractivity contribution in [2.45, 2.75) is 30.7 Å². The Bertz CT molecular complexity index is 838. The normalized spacial score (nSPS) is 15.1. The topological polar surface area (TPSA) is 81.4 Å². The molecule has 1 amide bonds. The zero-order chi connectivity index (χ0) is 19.4. The summed E-state index contributed by atoms with van der Waals surface area (Å²) >= 11 is 0. The van der Waals surface area contributed by atoms with Crippen LogP contribution in [0, 0.1) is 5.82 Å². The average Bonchev–Trinajstić information content (AvgIpc) is 3.48. The van der Waals surface area contributed by atoms with Crippen molar-refractivity contribution in [3.05, 3.63) is 71.0 Å². The summed E-state index contributed by atoms with van der Waals surface area (Å²) in [5.74, 6) is -1.36. The molecule has 0 aliphatic heterocycles. The van der Waals surface area contributed by atoms with Crippen LogP contribution in [-0.2, 0) is 21.4 Å². The minimum absolute atomic E-state index is 0. The number of hydrogen-bond donors (Lipinski definition) is 2. The molecule has 5 nitrogen and oxygen atoms in total. The molecule has 150 valence electrons. The highest BCUT2D eigenvalue weighted by Gasteiger charge is 2.42. The molecule has 7 heteroatoms. The van der Waals surface area contributed by atoms with Gasteiger partial charge >= 0.3 is 5.97 Å². The largest absolute Gasteiger partial charge is 0.467 e. The molecule has 3 N–H and O–H groups in total. The molecule has 1 saturated carbocycles. The Labute approximate surface area is 169 Å². The molecule has 0 radical (unpaired) electrons. The van der Waals surface area contributed by atoms with E-state index in [1.807, 2.05) is 12.1 Å². The number of nitrogens with two attached hydrogens (primary N) is 1. The highest BCUT2D eigenvalue weighted by atomic mass is 35.5. The van der Waals surface area contributed by atoms with Gasteiger partial charge in [0.1, 0.15) is 11.9 Å². The number of amides is 1. The second-order valence-corrected chi connectivity index (χ2v) is 6.95. The van der Waals surface area contributed by atoms with Crippen LogP contribution in [0.3, 0.4) is 0 Å². The van der Waals surface area contributed by atoms with Gasteiger partial charge in [-0.25, -0.2) is 9.18 Å². The molecule has 0 bridgehead atoms. The van der Waals surface area contributed by atoms with E-state index in [0.29, 0.717) is 17.7 Å². The molecular formula is C21H24ClFN2O3. The Kier molecular flexibility index (Phi) is 7.16. The zero-order valence-electron chi connectivity index (χ0n) is 15.6. The van der Waals surface area contributed by atoms with E-state index in [4.69, 9.17) is 10.5 Å². The van der Waals surface area contributed by atoms with Crippen LogP contribution in [0.15, 0.2) is 48.5 Å². The number of rotatable bonds is 7. The zero-order valence-corrected chi connectivity index (χ0v) is 16.4. The van der Waals surface area contributed by atoms with Gasteiger partial charge < -0.3 is 15.8 Å². The van der Waals surface area contributed by atoms with E-state index in [2.05, 4.69) is 5.32 Å². The summed E-state index contributed by atoms with van der Waals surface area (Å²) in [7, 11) is 1.25. The highest BCUT2D eigenvalue weighted by molar-refractivity contribution is 5.96. The molecule has 1 fully saturated rings. The monoisotopic (exact) mass is 406 g/mol. The minimum atomic E-state index is -0.900. The number of nitrogens with one attached hydrogen (secondary N) is 1. The van der Waals surface area contributed by atoms with Crippen LogP contribution in [0.2, 0.25) is 0 Å². The smallest absolute Gasteiger partial charge is 0.328 e. The van der Waals surface area contributed by atoms with Gasteiger partial charge in [-0.15, -0.1) is 12.4 Å². The number of benzene rings is 2. The lowest BCUT2D eigenvalue weighted by Crippen LogP contribution is -2.43. The molecule has 1 unspecified atom stereocenters. The predicted octanol–water partition coefficient (Wildman–Crippen LogP) is 2.75. The maximum atomic E-state index is 13.4. The second-order valence-electron chi connectivity index (χ2n) is 6.95. The fraction of sp³-hybridized carbons (Fsp3) is 0.333. The van der Waals surface area contributed by atoms with E-state index in [0.717, 1.165) is 18.4 Å². The number of ether oxygens (including phenoxy) is 1. The summed E-state index contributed by atoms with van der Waals surface area (Å²) < 4.78 is 18.2. The highest BCUT2D eigenvalue weighted by Crippen LogP contribution is 2.47. The Hall–Kier alpha value is -2.44. The molecular weight excluding hydrogens is 383 g/mol. The molecule has 0 heterocycles.